The highest BCUT2D eigenvalue weighted by Gasteiger charge is 2.17. The Morgan fingerprint density at radius 3 is 3.18 bits per heavy atom. The Bertz CT molecular complexity index is 695. The number of allylic oxidation sites excluding steroid dienone is 1. The van der Waals surface area contributed by atoms with Gasteiger partial charge in [0.25, 0.3) is 0 Å². The van der Waals surface area contributed by atoms with E-state index in [9.17, 15) is 4.79 Å². The van der Waals surface area contributed by atoms with Crippen LogP contribution in [0.5, 0.6) is 0 Å². The van der Waals surface area contributed by atoms with Crippen LogP contribution < -0.4 is 10.0 Å². The van der Waals surface area contributed by atoms with E-state index in [1.807, 2.05) is 18.3 Å². The smallest absolute Gasteiger partial charge is 0.212 e. The highest BCUT2D eigenvalue weighted by Crippen LogP contribution is 2.33. The normalized spacial score (nSPS) is 18.2. The summed E-state index contributed by atoms with van der Waals surface area (Å²) in [6, 6.07) is 4.55. The van der Waals surface area contributed by atoms with Gasteiger partial charge in [0, 0.05) is 23.4 Å². The molecule has 1 aliphatic rings. The van der Waals surface area contributed by atoms with Crippen molar-refractivity contribution in [2.75, 3.05) is 11.1 Å². The lowest BCUT2D eigenvalue weighted by molar-refractivity contribution is -0.105. The Morgan fingerprint density at radius 1 is 1.55 bits per heavy atom. The van der Waals surface area contributed by atoms with E-state index in [4.69, 9.17) is 0 Å². The number of nitrogens with zero attached hydrogens (tertiary/aromatic N) is 1. The first kappa shape index (κ1) is 15.1. The second kappa shape index (κ2) is 6.98. The first-order valence-electron chi connectivity index (χ1n) is 7.57. The third-order valence-corrected chi connectivity index (χ3v) is 4.68. The number of H-pyrrole nitrogens is 1. The van der Waals surface area contributed by atoms with Gasteiger partial charge >= 0.3 is 0 Å². The summed E-state index contributed by atoms with van der Waals surface area (Å²) in [7, 11) is 0. The summed E-state index contributed by atoms with van der Waals surface area (Å²) in [6.07, 6.45) is 8.06. The molecule has 0 bridgehead atoms. The highest BCUT2D eigenvalue weighted by atomic mass is 32.2. The number of amides is 1. The summed E-state index contributed by atoms with van der Waals surface area (Å²) in [5.41, 5.74) is 3.31. The van der Waals surface area contributed by atoms with Crippen molar-refractivity contribution in [1.82, 2.24) is 14.7 Å². The molecule has 0 fully saturated rings. The lowest BCUT2D eigenvalue weighted by Crippen LogP contribution is -2.24. The Hall–Kier alpha value is -1.79. The number of pyridine rings is 1. The molecular formula is C16H20N4OS. The van der Waals surface area contributed by atoms with E-state index in [2.05, 4.69) is 33.0 Å². The molecule has 6 heteroatoms. The molecule has 3 N–H and O–H groups in total. The quantitative estimate of drug-likeness (QED) is 0.565. The number of anilines is 1. The third kappa shape index (κ3) is 3.18. The minimum Gasteiger partial charge on any atom is -0.346 e. The number of aromatic nitrogens is 2. The van der Waals surface area contributed by atoms with Crippen molar-refractivity contribution >= 4 is 40.8 Å². The summed E-state index contributed by atoms with van der Waals surface area (Å²) >= 11 is 1.78. The highest BCUT2D eigenvalue weighted by molar-refractivity contribution is 7.97. The molecule has 2 aromatic heterocycles. The summed E-state index contributed by atoms with van der Waals surface area (Å²) in [4.78, 5) is 18.2. The second-order valence-corrected chi connectivity index (χ2v) is 6.41. The van der Waals surface area contributed by atoms with E-state index in [1.165, 1.54) is 5.57 Å². The van der Waals surface area contributed by atoms with Gasteiger partial charge in [0.15, 0.2) is 0 Å². The van der Waals surface area contributed by atoms with Crippen molar-refractivity contribution in [2.24, 2.45) is 0 Å². The molecule has 22 heavy (non-hydrogen) atoms. The fourth-order valence-electron chi connectivity index (χ4n) is 2.82. The van der Waals surface area contributed by atoms with Gasteiger partial charge < -0.3 is 10.3 Å². The van der Waals surface area contributed by atoms with E-state index in [-0.39, 0.29) is 0 Å². The number of carbonyl (C=O) groups is 1. The van der Waals surface area contributed by atoms with Gasteiger partial charge in [-0.15, -0.1) is 0 Å². The van der Waals surface area contributed by atoms with Crippen molar-refractivity contribution in [3.05, 3.63) is 30.0 Å². The van der Waals surface area contributed by atoms with Gasteiger partial charge in [0.05, 0.1) is 0 Å². The van der Waals surface area contributed by atoms with Crippen LogP contribution in [0, 0.1) is 0 Å². The molecule has 0 saturated carbocycles. The van der Waals surface area contributed by atoms with Crippen molar-refractivity contribution in [3.63, 3.8) is 0 Å². The van der Waals surface area contributed by atoms with Crippen molar-refractivity contribution in [1.29, 1.82) is 0 Å². The molecular weight excluding hydrogens is 296 g/mol. The first-order chi connectivity index (χ1) is 10.8. The second-order valence-electron chi connectivity index (χ2n) is 5.31. The van der Waals surface area contributed by atoms with Crippen LogP contribution in [0.4, 0.5) is 5.82 Å². The van der Waals surface area contributed by atoms with E-state index < -0.39 is 0 Å². The number of hydrogen-bond acceptors (Lipinski definition) is 4. The molecule has 1 unspecified atom stereocenters. The van der Waals surface area contributed by atoms with Crippen LogP contribution in [0.15, 0.2) is 24.4 Å². The van der Waals surface area contributed by atoms with Crippen LogP contribution in [0.1, 0.15) is 31.7 Å². The van der Waals surface area contributed by atoms with Gasteiger partial charge in [-0.3, -0.25) is 9.52 Å². The zero-order chi connectivity index (χ0) is 15.4. The van der Waals surface area contributed by atoms with Crippen LogP contribution in [-0.4, -0.2) is 28.2 Å². The fourth-order valence-corrected chi connectivity index (χ4v) is 3.44. The molecule has 2 aromatic rings. The monoisotopic (exact) mass is 316 g/mol. The van der Waals surface area contributed by atoms with Gasteiger partial charge in [-0.05, 0) is 42.5 Å². The maximum absolute atomic E-state index is 10.7. The molecule has 116 valence electrons. The maximum Gasteiger partial charge on any atom is 0.212 e. The SMILES string of the molecule is CCSNC1CC=C(c2cc(NC=O)nc3[nH]ccc23)CC1. The first-order valence-corrected chi connectivity index (χ1v) is 8.55. The van der Waals surface area contributed by atoms with Crippen molar-refractivity contribution < 1.29 is 4.79 Å². The lowest BCUT2D eigenvalue weighted by atomic mass is 9.90. The van der Waals surface area contributed by atoms with Crippen LogP contribution in [0.2, 0.25) is 0 Å². The van der Waals surface area contributed by atoms with Gasteiger partial charge in [-0.1, -0.05) is 24.9 Å². The summed E-state index contributed by atoms with van der Waals surface area (Å²) in [6.45, 7) is 2.16. The van der Waals surface area contributed by atoms with Crippen molar-refractivity contribution in [2.45, 2.75) is 32.2 Å². The summed E-state index contributed by atoms with van der Waals surface area (Å²) < 4.78 is 3.50. The Morgan fingerprint density at radius 2 is 2.45 bits per heavy atom. The number of carbonyl (C=O) groups excluding carboxylic acids is 1. The predicted molar refractivity (Wildman–Crippen MR) is 92.7 cm³/mol. The molecule has 1 atom stereocenters. The van der Waals surface area contributed by atoms with Gasteiger partial charge in [0.2, 0.25) is 6.41 Å². The number of nitrogens with one attached hydrogen (secondary N) is 3. The fraction of sp³-hybridized carbons (Fsp3) is 0.375. The molecule has 5 nitrogen and oxygen atoms in total. The van der Waals surface area contributed by atoms with Crippen LogP contribution in [-0.2, 0) is 4.79 Å². The van der Waals surface area contributed by atoms with Gasteiger partial charge in [0.1, 0.15) is 11.5 Å². The number of fused-ring (bicyclic) bond motifs is 1. The molecule has 0 radical (unpaired) electrons. The van der Waals surface area contributed by atoms with Crippen LogP contribution in [0.25, 0.3) is 16.6 Å². The topological polar surface area (TPSA) is 69.8 Å². The van der Waals surface area contributed by atoms with Crippen LogP contribution >= 0.6 is 11.9 Å². The van der Waals surface area contributed by atoms with E-state index >= 15 is 0 Å². The zero-order valence-corrected chi connectivity index (χ0v) is 13.4. The summed E-state index contributed by atoms with van der Waals surface area (Å²) in [5.74, 6) is 1.67. The molecule has 0 saturated heterocycles. The molecule has 1 amide bonds. The molecule has 2 heterocycles. The predicted octanol–water partition coefficient (Wildman–Crippen LogP) is 3.32. The average Bonchev–Trinajstić information content (AvgIpc) is 3.01. The molecule has 0 aliphatic heterocycles. The van der Waals surface area contributed by atoms with E-state index in [1.54, 1.807) is 11.9 Å². The van der Waals surface area contributed by atoms with E-state index in [0.717, 1.165) is 41.6 Å². The minimum atomic E-state index is 0.546. The minimum absolute atomic E-state index is 0.546. The molecule has 0 aromatic carbocycles. The van der Waals surface area contributed by atoms with Gasteiger partial charge in [-0.2, -0.15) is 0 Å². The maximum atomic E-state index is 10.7. The Kier molecular flexibility index (Phi) is 4.80. The average molecular weight is 316 g/mol. The van der Waals surface area contributed by atoms with Gasteiger partial charge in [-0.25, -0.2) is 4.98 Å². The van der Waals surface area contributed by atoms with E-state index in [0.29, 0.717) is 18.3 Å². The number of aromatic amines is 1. The van der Waals surface area contributed by atoms with Crippen LogP contribution in [0.3, 0.4) is 0 Å². The lowest BCUT2D eigenvalue weighted by Gasteiger charge is -2.23. The summed E-state index contributed by atoms with van der Waals surface area (Å²) in [5, 5.41) is 3.76. The molecule has 3 rings (SSSR count). The number of hydrogen-bond donors (Lipinski definition) is 3. The zero-order valence-electron chi connectivity index (χ0n) is 12.6. The molecule has 1 aliphatic carbocycles. The standard InChI is InChI=1S/C16H20N4OS/c1-2-22-20-12-5-3-11(4-6-12)14-9-15(18-10-21)19-16-13(14)7-8-17-16/h3,7-10,12,20H,2,4-6H2,1H3,(H2,17,18,19,21). The number of rotatable bonds is 6. The Balaban J connectivity index is 1.88. The largest absolute Gasteiger partial charge is 0.346 e. The van der Waals surface area contributed by atoms with Crippen molar-refractivity contribution in [3.8, 4) is 0 Å². The Labute approximate surface area is 134 Å². The third-order valence-electron chi connectivity index (χ3n) is 3.89. The molecule has 0 spiro atoms.